The summed E-state index contributed by atoms with van der Waals surface area (Å²) in [7, 11) is -0.397. The number of anilines is 1. The van der Waals surface area contributed by atoms with Crippen LogP contribution in [0.3, 0.4) is 0 Å². The van der Waals surface area contributed by atoms with Crippen molar-refractivity contribution in [2.45, 2.75) is 44.2 Å². The first-order chi connectivity index (χ1) is 16.7. The number of nitrogens with one attached hydrogen (secondary N) is 1. The minimum absolute atomic E-state index is 0.131. The Bertz CT molecular complexity index is 1090. The second-order valence-corrected chi connectivity index (χ2v) is 10.9. The highest BCUT2D eigenvalue weighted by molar-refractivity contribution is 7.92. The lowest BCUT2D eigenvalue weighted by Crippen LogP contribution is -2.46. The van der Waals surface area contributed by atoms with Crippen LogP contribution in [-0.4, -0.2) is 76.7 Å². The van der Waals surface area contributed by atoms with Crippen LogP contribution in [0.2, 0.25) is 0 Å². The Kier molecular flexibility index (Phi) is 9.15. The molecule has 0 aliphatic carbocycles. The molecule has 192 valence electrons. The minimum atomic E-state index is -3.80. The number of benzene rings is 2. The maximum atomic E-state index is 13.5. The van der Waals surface area contributed by atoms with E-state index in [1.54, 1.807) is 55.5 Å². The third-order valence-corrected chi connectivity index (χ3v) is 7.79. The first kappa shape index (κ1) is 27.0. The van der Waals surface area contributed by atoms with E-state index in [9.17, 15) is 13.2 Å². The van der Waals surface area contributed by atoms with Gasteiger partial charge in [-0.3, -0.25) is 14.4 Å². The average molecular weight is 504 g/mol. The summed E-state index contributed by atoms with van der Waals surface area (Å²) in [6.45, 7) is 9.00. The van der Waals surface area contributed by atoms with Crippen molar-refractivity contribution in [3.63, 3.8) is 0 Å². The van der Waals surface area contributed by atoms with E-state index >= 15 is 0 Å². The molecule has 3 rings (SSSR count). The number of rotatable bonds is 6. The summed E-state index contributed by atoms with van der Waals surface area (Å²) in [5.74, 6) is 0.371. The number of hydrogen-bond donors (Lipinski definition) is 1. The molecule has 1 aliphatic heterocycles. The summed E-state index contributed by atoms with van der Waals surface area (Å²) in [6, 6.07) is 13.1. The zero-order valence-corrected chi connectivity index (χ0v) is 22.0. The van der Waals surface area contributed by atoms with Crippen molar-refractivity contribution in [3.05, 3.63) is 54.1 Å². The quantitative estimate of drug-likeness (QED) is 0.647. The summed E-state index contributed by atoms with van der Waals surface area (Å²) >= 11 is 0. The Morgan fingerprint density at radius 3 is 2.49 bits per heavy atom. The molecule has 1 amide bonds. The number of fused-ring (bicyclic) bond motifs is 1. The van der Waals surface area contributed by atoms with Gasteiger partial charge in [0.15, 0.2) is 0 Å². The first-order valence-electron chi connectivity index (χ1n) is 12.0. The van der Waals surface area contributed by atoms with Crippen LogP contribution in [-0.2, 0) is 14.8 Å². The molecule has 8 nitrogen and oxygen atoms in total. The number of likely N-dealkylation sites (N-methyl/N-ethyl adjacent to an activating group) is 1. The molecule has 0 saturated carbocycles. The van der Waals surface area contributed by atoms with Crippen molar-refractivity contribution in [1.82, 2.24) is 9.80 Å². The Labute approximate surface area is 209 Å². The fraction of sp³-hybridized carbons (Fsp3) is 0.500. The minimum Gasteiger partial charge on any atom is -0.491 e. The van der Waals surface area contributed by atoms with Crippen molar-refractivity contribution in [1.29, 1.82) is 0 Å². The Hall–Kier alpha value is -2.62. The molecule has 2 aromatic carbocycles. The molecular weight excluding hydrogens is 466 g/mol. The van der Waals surface area contributed by atoms with Gasteiger partial charge in [-0.1, -0.05) is 32.0 Å². The van der Waals surface area contributed by atoms with Crippen molar-refractivity contribution in [3.8, 4) is 5.75 Å². The molecular formula is C26H37N3O5S. The van der Waals surface area contributed by atoms with Gasteiger partial charge in [0.05, 0.1) is 16.6 Å². The van der Waals surface area contributed by atoms with E-state index in [1.165, 1.54) is 12.1 Å². The Morgan fingerprint density at radius 2 is 1.83 bits per heavy atom. The van der Waals surface area contributed by atoms with E-state index in [2.05, 4.69) is 30.4 Å². The molecule has 0 spiro atoms. The van der Waals surface area contributed by atoms with Crippen LogP contribution in [0.4, 0.5) is 5.69 Å². The second-order valence-electron chi connectivity index (χ2n) is 9.22. The SMILES string of the molecule is CCCN1C[C@@H](C)[C@@H](OC)CN(C)C(=O)c2cc(NS(=O)(=O)c3ccccc3)ccc2OC[C@H]1C. The van der Waals surface area contributed by atoms with E-state index < -0.39 is 10.0 Å². The van der Waals surface area contributed by atoms with E-state index in [-0.39, 0.29) is 28.9 Å². The molecule has 0 aromatic heterocycles. The van der Waals surface area contributed by atoms with Crippen molar-refractivity contribution < 1.29 is 22.7 Å². The third kappa shape index (κ3) is 6.74. The topological polar surface area (TPSA) is 88.2 Å². The monoisotopic (exact) mass is 503 g/mol. The lowest BCUT2D eigenvalue weighted by Gasteiger charge is -2.35. The number of amides is 1. The molecule has 1 heterocycles. The van der Waals surface area contributed by atoms with Crippen molar-refractivity contribution in [2.75, 3.05) is 45.1 Å². The predicted octanol–water partition coefficient (Wildman–Crippen LogP) is 3.70. The zero-order valence-electron chi connectivity index (χ0n) is 21.2. The lowest BCUT2D eigenvalue weighted by atomic mass is 10.0. The van der Waals surface area contributed by atoms with Crippen LogP contribution in [0.1, 0.15) is 37.6 Å². The van der Waals surface area contributed by atoms with Gasteiger partial charge in [0, 0.05) is 39.0 Å². The standard InChI is InChI=1S/C26H37N3O5S/c1-6-14-29-16-19(2)25(33-5)17-28(4)26(30)23-15-21(12-13-24(23)34-18-20(29)3)27-35(31,32)22-10-8-7-9-11-22/h7-13,15,19-20,25,27H,6,14,16-18H2,1-5H3/t19-,20-,25+/m1/s1. The molecule has 1 N–H and O–H groups in total. The molecule has 2 aromatic rings. The van der Waals surface area contributed by atoms with Gasteiger partial charge in [-0.15, -0.1) is 0 Å². The van der Waals surface area contributed by atoms with Gasteiger partial charge in [0.1, 0.15) is 12.4 Å². The second kappa shape index (κ2) is 11.9. The van der Waals surface area contributed by atoms with Crippen LogP contribution in [0.25, 0.3) is 0 Å². The summed E-state index contributed by atoms with van der Waals surface area (Å²) < 4.78 is 40.1. The summed E-state index contributed by atoms with van der Waals surface area (Å²) in [5, 5.41) is 0. The average Bonchev–Trinajstić information content (AvgIpc) is 2.85. The van der Waals surface area contributed by atoms with E-state index in [0.717, 1.165) is 19.5 Å². The van der Waals surface area contributed by atoms with E-state index in [4.69, 9.17) is 9.47 Å². The van der Waals surface area contributed by atoms with Crippen LogP contribution in [0, 0.1) is 5.92 Å². The van der Waals surface area contributed by atoms with Gasteiger partial charge in [0.2, 0.25) is 0 Å². The summed E-state index contributed by atoms with van der Waals surface area (Å²) in [5.41, 5.74) is 0.598. The van der Waals surface area contributed by atoms with Crippen LogP contribution in [0.5, 0.6) is 5.75 Å². The smallest absolute Gasteiger partial charge is 0.261 e. The number of methoxy groups -OCH3 is 1. The largest absolute Gasteiger partial charge is 0.491 e. The van der Waals surface area contributed by atoms with Crippen LogP contribution in [0.15, 0.2) is 53.4 Å². The number of nitrogens with zero attached hydrogens (tertiary/aromatic N) is 2. The molecule has 1 aliphatic rings. The van der Waals surface area contributed by atoms with Gasteiger partial charge < -0.3 is 14.4 Å². The van der Waals surface area contributed by atoms with Crippen LogP contribution >= 0.6 is 0 Å². The molecule has 0 saturated heterocycles. The third-order valence-electron chi connectivity index (χ3n) is 6.39. The highest BCUT2D eigenvalue weighted by Gasteiger charge is 2.28. The van der Waals surface area contributed by atoms with Crippen LogP contribution < -0.4 is 9.46 Å². The predicted molar refractivity (Wildman–Crippen MR) is 137 cm³/mol. The van der Waals surface area contributed by atoms with E-state index in [1.807, 2.05) is 0 Å². The lowest BCUT2D eigenvalue weighted by molar-refractivity contribution is 0.0108. The number of hydrogen-bond acceptors (Lipinski definition) is 6. The van der Waals surface area contributed by atoms with Gasteiger partial charge in [-0.25, -0.2) is 8.42 Å². The fourth-order valence-electron chi connectivity index (χ4n) is 4.33. The highest BCUT2D eigenvalue weighted by atomic mass is 32.2. The van der Waals surface area contributed by atoms with Crippen molar-refractivity contribution in [2.24, 2.45) is 5.92 Å². The maximum Gasteiger partial charge on any atom is 0.261 e. The maximum absolute atomic E-state index is 13.5. The van der Waals surface area contributed by atoms with Gasteiger partial charge in [-0.2, -0.15) is 0 Å². The Morgan fingerprint density at radius 1 is 1.11 bits per heavy atom. The molecule has 35 heavy (non-hydrogen) atoms. The molecule has 3 atom stereocenters. The number of ether oxygens (including phenoxy) is 2. The first-order valence-corrected chi connectivity index (χ1v) is 13.5. The summed E-state index contributed by atoms with van der Waals surface area (Å²) in [6.07, 6.45) is 0.883. The van der Waals surface area contributed by atoms with Gasteiger partial charge >= 0.3 is 0 Å². The van der Waals surface area contributed by atoms with Gasteiger partial charge in [-0.05, 0) is 56.1 Å². The normalized spacial score (nSPS) is 22.5. The molecule has 9 heteroatoms. The zero-order chi connectivity index (χ0) is 25.6. The molecule has 0 radical (unpaired) electrons. The summed E-state index contributed by atoms with van der Waals surface area (Å²) in [4.78, 5) is 17.6. The van der Waals surface area contributed by atoms with Crippen molar-refractivity contribution >= 4 is 21.6 Å². The number of carbonyl (C=O) groups is 1. The molecule has 0 fully saturated rings. The molecule has 0 bridgehead atoms. The highest BCUT2D eigenvalue weighted by Crippen LogP contribution is 2.27. The number of carbonyl (C=O) groups excluding carboxylic acids is 1. The Balaban J connectivity index is 1.96. The number of sulfonamides is 1. The molecule has 0 unspecified atom stereocenters. The van der Waals surface area contributed by atoms with Gasteiger partial charge in [0.25, 0.3) is 15.9 Å². The van der Waals surface area contributed by atoms with E-state index in [0.29, 0.717) is 30.2 Å². The fourth-order valence-corrected chi connectivity index (χ4v) is 5.40.